The SMILES string of the molecule is CCOC(=O)c1nc(N(C)c2ccc(OC)cc2)sc1C. The minimum absolute atomic E-state index is 0.347. The predicted octanol–water partition coefficient (Wildman–Crippen LogP) is 3.40. The van der Waals surface area contributed by atoms with Gasteiger partial charge >= 0.3 is 5.97 Å². The average Bonchev–Trinajstić information content (AvgIpc) is 2.89. The van der Waals surface area contributed by atoms with Crippen LogP contribution >= 0.6 is 11.3 Å². The number of benzene rings is 1. The van der Waals surface area contributed by atoms with E-state index in [1.54, 1.807) is 14.0 Å². The van der Waals surface area contributed by atoms with Gasteiger partial charge in [0.25, 0.3) is 0 Å². The van der Waals surface area contributed by atoms with Gasteiger partial charge in [0.2, 0.25) is 0 Å². The smallest absolute Gasteiger partial charge is 0.358 e. The van der Waals surface area contributed by atoms with Gasteiger partial charge in [0.05, 0.1) is 13.7 Å². The summed E-state index contributed by atoms with van der Waals surface area (Å²) in [6.45, 7) is 4.00. The molecule has 0 saturated carbocycles. The maximum atomic E-state index is 11.8. The largest absolute Gasteiger partial charge is 0.497 e. The second kappa shape index (κ2) is 6.58. The summed E-state index contributed by atoms with van der Waals surface area (Å²) in [6.07, 6.45) is 0. The van der Waals surface area contributed by atoms with E-state index in [0.29, 0.717) is 12.3 Å². The monoisotopic (exact) mass is 306 g/mol. The molecule has 0 aliphatic carbocycles. The summed E-state index contributed by atoms with van der Waals surface area (Å²) in [7, 11) is 3.55. The number of ether oxygens (including phenoxy) is 2. The van der Waals surface area contributed by atoms with Gasteiger partial charge in [0.1, 0.15) is 5.75 Å². The zero-order valence-electron chi connectivity index (χ0n) is 12.5. The van der Waals surface area contributed by atoms with Crippen molar-refractivity contribution in [3.63, 3.8) is 0 Å². The van der Waals surface area contributed by atoms with Crippen molar-refractivity contribution in [3.05, 3.63) is 34.8 Å². The fourth-order valence-corrected chi connectivity index (χ4v) is 2.71. The predicted molar refractivity (Wildman–Crippen MR) is 83.9 cm³/mol. The first-order valence-corrected chi connectivity index (χ1v) is 7.40. The number of methoxy groups -OCH3 is 1. The highest BCUT2D eigenvalue weighted by Gasteiger charge is 2.18. The number of rotatable bonds is 5. The molecule has 0 bridgehead atoms. The number of carbonyl (C=O) groups excluding carboxylic acids is 1. The van der Waals surface area contributed by atoms with E-state index in [1.165, 1.54) is 11.3 Å². The molecular formula is C15H18N2O3S. The topological polar surface area (TPSA) is 51.7 Å². The lowest BCUT2D eigenvalue weighted by molar-refractivity contribution is 0.0519. The molecule has 1 aromatic carbocycles. The zero-order chi connectivity index (χ0) is 15.4. The first kappa shape index (κ1) is 15.3. The third-order valence-electron chi connectivity index (χ3n) is 3.00. The molecule has 21 heavy (non-hydrogen) atoms. The molecule has 112 valence electrons. The molecule has 1 aromatic heterocycles. The lowest BCUT2D eigenvalue weighted by atomic mass is 10.3. The Kier molecular flexibility index (Phi) is 4.80. The van der Waals surface area contributed by atoms with Crippen LogP contribution in [0.3, 0.4) is 0 Å². The molecule has 1 heterocycles. The molecule has 0 unspecified atom stereocenters. The molecule has 0 fully saturated rings. The van der Waals surface area contributed by atoms with Crippen LogP contribution in [-0.2, 0) is 4.74 Å². The Hall–Kier alpha value is -2.08. The van der Waals surface area contributed by atoms with Crippen molar-refractivity contribution in [1.82, 2.24) is 4.98 Å². The van der Waals surface area contributed by atoms with E-state index in [1.807, 2.05) is 43.1 Å². The van der Waals surface area contributed by atoms with Crippen LogP contribution in [0, 0.1) is 6.92 Å². The van der Waals surface area contributed by atoms with Crippen LogP contribution in [0.15, 0.2) is 24.3 Å². The minimum Gasteiger partial charge on any atom is -0.497 e. The highest BCUT2D eigenvalue weighted by Crippen LogP contribution is 2.31. The van der Waals surface area contributed by atoms with Crippen LogP contribution in [0.4, 0.5) is 10.8 Å². The van der Waals surface area contributed by atoms with Crippen molar-refractivity contribution in [2.75, 3.05) is 25.7 Å². The number of aryl methyl sites for hydroxylation is 1. The lowest BCUT2D eigenvalue weighted by Crippen LogP contribution is -2.10. The van der Waals surface area contributed by atoms with Crippen molar-refractivity contribution >= 4 is 28.1 Å². The van der Waals surface area contributed by atoms with E-state index >= 15 is 0 Å². The fourth-order valence-electron chi connectivity index (χ4n) is 1.83. The number of anilines is 2. The van der Waals surface area contributed by atoms with Gasteiger partial charge in [-0.05, 0) is 38.1 Å². The normalized spacial score (nSPS) is 10.3. The maximum absolute atomic E-state index is 11.8. The molecular weight excluding hydrogens is 288 g/mol. The second-order valence-corrected chi connectivity index (χ2v) is 5.56. The number of nitrogens with zero attached hydrogens (tertiary/aromatic N) is 2. The molecule has 0 radical (unpaired) electrons. The Morgan fingerprint density at radius 2 is 2.00 bits per heavy atom. The maximum Gasteiger partial charge on any atom is 0.358 e. The molecule has 0 aliphatic rings. The Morgan fingerprint density at radius 1 is 1.33 bits per heavy atom. The summed E-state index contributed by atoms with van der Waals surface area (Å²) in [4.78, 5) is 19.0. The standard InChI is InChI=1S/C15H18N2O3S/c1-5-20-14(18)13-10(2)21-15(16-13)17(3)11-6-8-12(19-4)9-7-11/h6-9H,5H2,1-4H3. The molecule has 5 nitrogen and oxygen atoms in total. The zero-order valence-corrected chi connectivity index (χ0v) is 13.4. The Labute approximate surface area is 128 Å². The van der Waals surface area contributed by atoms with Crippen LogP contribution < -0.4 is 9.64 Å². The third-order valence-corrected chi connectivity index (χ3v) is 4.05. The van der Waals surface area contributed by atoms with E-state index in [0.717, 1.165) is 21.4 Å². The number of hydrogen-bond acceptors (Lipinski definition) is 6. The molecule has 0 aliphatic heterocycles. The molecule has 0 saturated heterocycles. The summed E-state index contributed by atoms with van der Waals surface area (Å²) >= 11 is 1.46. The molecule has 0 amide bonds. The van der Waals surface area contributed by atoms with Gasteiger partial charge in [0, 0.05) is 17.6 Å². The van der Waals surface area contributed by atoms with Gasteiger partial charge in [-0.2, -0.15) is 0 Å². The Bertz CT molecular complexity index is 622. The van der Waals surface area contributed by atoms with Crippen LogP contribution in [-0.4, -0.2) is 31.7 Å². The quantitative estimate of drug-likeness (QED) is 0.792. The second-order valence-electron chi connectivity index (χ2n) is 4.38. The van der Waals surface area contributed by atoms with E-state index in [4.69, 9.17) is 9.47 Å². The molecule has 2 rings (SSSR count). The van der Waals surface area contributed by atoms with Crippen molar-refractivity contribution in [2.45, 2.75) is 13.8 Å². The third kappa shape index (κ3) is 3.33. The summed E-state index contributed by atoms with van der Waals surface area (Å²) in [5.74, 6) is 0.426. The first-order chi connectivity index (χ1) is 10.1. The van der Waals surface area contributed by atoms with Crippen molar-refractivity contribution in [3.8, 4) is 5.75 Å². The number of thiazole rings is 1. The summed E-state index contributed by atoms with van der Waals surface area (Å²) in [6, 6.07) is 7.66. The number of esters is 1. The number of aromatic nitrogens is 1. The van der Waals surface area contributed by atoms with Crippen LogP contribution in [0.5, 0.6) is 5.75 Å². The van der Waals surface area contributed by atoms with Gasteiger partial charge in [-0.3, -0.25) is 0 Å². The fraction of sp³-hybridized carbons (Fsp3) is 0.333. The summed E-state index contributed by atoms with van der Waals surface area (Å²) in [5, 5.41) is 0.751. The van der Waals surface area contributed by atoms with Gasteiger partial charge in [0.15, 0.2) is 10.8 Å². The van der Waals surface area contributed by atoms with Gasteiger partial charge < -0.3 is 14.4 Å². The highest BCUT2D eigenvalue weighted by atomic mass is 32.1. The van der Waals surface area contributed by atoms with E-state index in [-0.39, 0.29) is 5.97 Å². The van der Waals surface area contributed by atoms with Crippen molar-refractivity contribution < 1.29 is 14.3 Å². The average molecular weight is 306 g/mol. The van der Waals surface area contributed by atoms with Gasteiger partial charge in [-0.25, -0.2) is 9.78 Å². The highest BCUT2D eigenvalue weighted by molar-refractivity contribution is 7.15. The minimum atomic E-state index is -0.374. The van der Waals surface area contributed by atoms with E-state index in [2.05, 4.69) is 4.98 Å². The molecule has 0 atom stereocenters. The van der Waals surface area contributed by atoms with Crippen LogP contribution in [0.1, 0.15) is 22.3 Å². The Balaban J connectivity index is 2.24. The Morgan fingerprint density at radius 3 is 2.57 bits per heavy atom. The van der Waals surface area contributed by atoms with Gasteiger partial charge in [-0.15, -0.1) is 11.3 Å². The van der Waals surface area contributed by atoms with Crippen LogP contribution in [0.25, 0.3) is 0 Å². The van der Waals surface area contributed by atoms with E-state index < -0.39 is 0 Å². The summed E-state index contributed by atoms with van der Waals surface area (Å²) in [5.41, 5.74) is 1.36. The van der Waals surface area contributed by atoms with Crippen molar-refractivity contribution in [2.24, 2.45) is 0 Å². The summed E-state index contributed by atoms with van der Waals surface area (Å²) < 4.78 is 10.2. The van der Waals surface area contributed by atoms with E-state index in [9.17, 15) is 4.79 Å². The number of hydrogen-bond donors (Lipinski definition) is 0. The lowest BCUT2D eigenvalue weighted by Gasteiger charge is -2.16. The molecule has 6 heteroatoms. The first-order valence-electron chi connectivity index (χ1n) is 6.59. The molecule has 0 spiro atoms. The van der Waals surface area contributed by atoms with Gasteiger partial charge in [-0.1, -0.05) is 0 Å². The molecule has 2 aromatic rings. The van der Waals surface area contributed by atoms with Crippen LogP contribution in [0.2, 0.25) is 0 Å². The number of carbonyl (C=O) groups is 1. The molecule has 0 N–H and O–H groups in total. The van der Waals surface area contributed by atoms with Crippen molar-refractivity contribution in [1.29, 1.82) is 0 Å².